The smallest absolute Gasteiger partial charge is 0.246 e. The van der Waals surface area contributed by atoms with Gasteiger partial charge in [0.1, 0.15) is 4.90 Å². The summed E-state index contributed by atoms with van der Waals surface area (Å²) >= 11 is 0. The molecule has 18 heavy (non-hydrogen) atoms. The fourth-order valence-electron chi connectivity index (χ4n) is 1.59. The van der Waals surface area contributed by atoms with Crippen LogP contribution in [0.25, 0.3) is 0 Å². The molecular formula is C12H21N3O2S. The van der Waals surface area contributed by atoms with Gasteiger partial charge < -0.3 is 5.32 Å². The number of hydrogen-bond acceptors (Lipinski definition) is 4. The van der Waals surface area contributed by atoms with Crippen molar-refractivity contribution in [3.8, 4) is 0 Å². The van der Waals surface area contributed by atoms with Crippen molar-refractivity contribution >= 4 is 15.7 Å². The van der Waals surface area contributed by atoms with E-state index in [4.69, 9.17) is 0 Å². The van der Waals surface area contributed by atoms with E-state index in [-0.39, 0.29) is 4.90 Å². The van der Waals surface area contributed by atoms with Crippen LogP contribution in [0.1, 0.15) is 26.7 Å². The van der Waals surface area contributed by atoms with Crippen LogP contribution in [0.4, 0.5) is 5.69 Å². The number of nitrogens with one attached hydrogen (secondary N) is 1. The van der Waals surface area contributed by atoms with Crippen LogP contribution in [0.2, 0.25) is 0 Å². The molecular weight excluding hydrogens is 250 g/mol. The number of hydrogen-bond donors (Lipinski definition) is 1. The molecule has 1 aromatic heterocycles. The molecule has 0 spiro atoms. The molecule has 1 N–H and O–H groups in total. The third-order valence-corrected chi connectivity index (χ3v) is 4.46. The molecule has 0 saturated heterocycles. The van der Waals surface area contributed by atoms with E-state index in [9.17, 15) is 8.42 Å². The highest BCUT2D eigenvalue weighted by Gasteiger charge is 2.23. The Balaban J connectivity index is 3.07. The van der Waals surface area contributed by atoms with Gasteiger partial charge in [0.05, 0.1) is 5.69 Å². The number of nitrogens with zero attached hydrogens (tertiary/aromatic N) is 2. The largest absolute Gasteiger partial charge is 0.384 e. The van der Waals surface area contributed by atoms with Gasteiger partial charge in [-0.15, -0.1) is 0 Å². The van der Waals surface area contributed by atoms with Crippen LogP contribution < -0.4 is 5.32 Å². The number of pyridine rings is 1. The second-order valence-electron chi connectivity index (χ2n) is 4.13. The Hall–Kier alpha value is -1.14. The fraction of sp³-hybridized carbons (Fsp3) is 0.583. The minimum Gasteiger partial charge on any atom is -0.384 e. The molecule has 0 aliphatic carbocycles. The Morgan fingerprint density at radius 1 is 1.33 bits per heavy atom. The van der Waals surface area contributed by atoms with Gasteiger partial charge in [-0.1, -0.05) is 13.8 Å². The lowest BCUT2D eigenvalue weighted by molar-refractivity contribution is 0.468. The molecule has 0 bridgehead atoms. The lowest BCUT2D eigenvalue weighted by Crippen LogP contribution is -2.28. The van der Waals surface area contributed by atoms with Crippen LogP contribution in [0.3, 0.4) is 0 Å². The summed E-state index contributed by atoms with van der Waals surface area (Å²) in [5, 5.41) is 3.12. The summed E-state index contributed by atoms with van der Waals surface area (Å²) in [6.45, 7) is 5.23. The van der Waals surface area contributed by atoms with E-state index in [1.54, 1.807) is 19.3 Å². The average molecular weight is 271 g/mol. The lowest BCUT2D eigenvalue weighted by atomic mass is 10.4. The quantitative estimate of drug-likeness (QED) is 0.823. The summed E-state index contributed by atoms with van der Waals surface area (Å²) < 4.78 is 26.1. The number of rotatable bonds is 7. The van der Waals surface area contributed by atoms with Gasteiger partial charge in [-0.3, -0.25) is 4.98 Å². The summed E-state index contributed by atoms with van der Waals surface area (Å²) in [5.41, 5.74) is 0.620. The van der Waals surface area contributed by atoms with E-state index in [1.165, 1.54) is 10.5 Å². The van der Waals surface area contributed by atoms with Gasteiger partial charge in [0.2, 0.25) is 10.0 Å². The minimum atomic E-state index is -3.45. The normalized spacial score (nSPS) is 11.8. The van der Waals surface area contributed by atoms with Crippen LogP contribution >= 0.6 is 0 Å². The number of aromatic nitrogens is 1. The molecule has 0 atom stereocenters. The Bertz CT molecular complexity index is 474. The zero-order valence-electron chi connectivity index (χ0n) is 11.2. The Morgan fingerprint density at radius 2 is 2.06 bits per heavy atom. The van der Waals surface area contributed by atoms with Crippen molar-refractivity contribution in [2.45, 2.75) is 31.6 Å². The van der Waals surface area contributed by atoms with Gasteiger partial charge in [0, 0.05) is 32.5 Å². The molecule has 0 radical (unpaired) electrons. The summed E-state index contributed by atoms with van der Waals surface area (Å²) in [6.07, 6.45) is 4.72. The summed E-state index contributed by atoms with van der Waals surface area (Å²) in [6, 6.07) is 1.70. The summed E-state index contributed by atoms with van der Waals surface area (Å²) in [5.74, 6) is 0. The Morgan fingerprint density at radius 3 is 2.67 bits per heavy atom. The first-order chi connectivity index (χ1) is 8.54. The van der Waals surface area contributed by atoms with Crippen molar-refractivity contribution in [2.75, 3.05) is 25.5 Å². The van der Waals surface area contributed by atoms with E-state index in [1.807, 2.05) is 13.8 Å². The number of anilines is 1. The van der Waals surface area contributed by atoms with Gasteiger partial charge in [0.15, 0.2) is 0 Å². The summed E-state index contributed by atoms with van der Waals surface area (Å²) in [4.78, 5) is 4.16. The highest BCUT2D eigenvalue weighted by molar-refractivity contribution is 7.89. The molecule has 102 valence electrons. The predicted octanol–water partition coefficient (Wildman–Crippen LogP) is 1.93. The molecule has 5 nitrogen and oxygen atoms in total. The first-order valence-electron chi connectivity index (χ1n) is 6.18. The van der Waals surface area contributed by atoms with Crippen molar-refractivity contribution in [3.63, 3.8) is 0 Å². The van der Waals surface area contributed by atoms with Crippen LogP contribution in [-0.2, 0) is 10.0 Å². The zero-order valence-corrected chi connectivity index (χ0v) is 12.0. The minimum absolute atomic E-state index is 0.245. The van der Waals surface area contributed by atoms with E-state index in [0.29, 0.717) is 12.2 Å². The van der Waals surface area contributed by atoms with E-state index in [0.717, 1.165) is 19.4 Å². The van der Waals surface area contributed by atoms with Crippen molar-refractivity contribution in [3.05, 3.63) is 18.5 Å². The molecule has 0 aromatic carbocycles. The highest BCUT2D eigenvalue weighted by atomic mass is 32.2. The maximum Gasteiger partial charge on any atom is 0.246 e. The van der Waals surface area contributed by atoms with Crippen molar-refractivity contribution in [1.29, 1.82) is 0 Å². The molecule has 1 heterocycles. The molecule has 0 saturated carbocycles. The lowest BCUT2D eigenvalue weighted by Gasteiger charge is -2.18. The number of sulfonamides is 1. The van der Waals surface area contributed by atoms with Crippen LogP contribution in [0.5, 0.6) is 0 Å². The molecule has 0 fully saturated rings. The van der Waals surface area contributed by atoms with E-state index >= 15 is 0 Å². The van der Waals surface area contributed by atoms with Gasteiger partial charge in [-0.2, -0.15) is 0 Å². The molecule has 0 aliphatic heterocycles. The first-order valence-corrected chi connectivity index (χ1v) is 7.62. The van der Waals surface area contributed by atoms with Crippen LogP contribution in [0.15, 0.2) is 23.4 Å². The average Bonchev–Trinajstić information content (AvgIpc) is 2.37. The molecule has 1 rings (SSSR count). The first kappa shape index (κ1) is 14.9. The maximum absolute atomic E-state index is 12.4. The van der Waals surface area contributed by atoms with Crippen molar-refractivity contribution in [1.82, 2.24) is 9.29 Å². The molecule has 1 aromatic rings. The van der Waals surface area contributed by atoms with E-state index in [2.05, 4.69) is 10.3 Å². The second-order valence-corrected chi connectivity index (χ2v) is 6.14. The molecule has 0 aliphatic rings. The molecule has 0 amide bonds. The summed E-state index contributed by atoms with van der Waals surface area (Å²) in [7, 11) is -1.86. The predicted molar refractivity (Wildman–Crippen MR) is 73.1 cm³/mol. The Labute approximate surface area is 109 Å². The van der Waals surface area contributed by atoms with Crippen LogP contribution in [0, 0.1) is 0 Å². The Kier molecular flexibility index (Phi) is 5.55. The fourth-order valence-corrected chi connectivity index (χ4v) is 2.97. The zero-order chi connectivity index (χ0) is 13.6. The third-order valence-electron chi connectivity index (χ3n) is 2.58. The highest BCUT2D eigenvalue weighted by Crippen LogP contribution is 2.22. The topological polar surface area (TPSA) is 62.3 Å². The van der Waals surface area contributed by atoms with Gasteiger partial charge in [0.25, 0.3) is 0 Å². The van der Waals surface area contributed by atoms with Crippen LogP contribution in [-0.4, -0.2) is 37.8 Å². The molecule has 0 unspecified atom stereocenters. The SMILES string of the molecule is CCCNc1ccncc1S(=O)(=O)N(C)CCC. The second kappa shape index (κ2) is 6.70. The van der Waals surface area contributed by atoms with Gasteiger partial charge in [-0.25, -0.2) is 12.7 Å². The van der Waals surface area contributed by atoms with Gasteiger partial charge >= 0.3 is 0 Å². The standard InChI is InChI=1S/C12H21N3O2S/c1-4-7-14-11-6-8-13-10-12(11)18(16,17)15(3)9-5-2/h6,8,10H,4-5,7,9H2,1-3H3,(H,13,14). The van der Waals surface area contributed by atoms with Gasteiger partial charge in [-0.05, 0) is 18.9 Å². The van der Waals surface area contributed by atoms with Crippen molar-refractivity contribution < 1.29 is 8.42 Å². The van der Waals surface area contributed by atoms with Crippen molar-refractivity contribution in [2.24, 2.45) is 0 Å². The third kappa shape index (κ3) is 3.43. The van der Waals surface area contributed by atoms with E-state index < -0.39 is 10.0 Å². The molecule has 6 heteroatoms. The monoisotopic (exact) mass is 271 g/mol. The maximum atomic E-state index is 12.4.